The predicted octanol–water partition coefficient (Wildman–Crippen LogP) is 3.68. The highest BCUT2D eigenvalue weighted by atomic mass is 79.9. The Morgan fingerprint density at radius 1 is 1.19 bits per heavy atom. The predicted molar refractivity (Wildman–Crippen MR) is 88.7 cm³/mol. The fourth-order valence-electron chi connectivity index (χ4n) is 1.88. The lowest BCUT2D eigenvalue weighted by Gasteiger charge is -2.12. The molecule has 3 N–H and O–H groups in total. The number of halogens is 2. The van der Waals surface area contributed by atoms with Crippen molar-refractivity contribution in [2.45, 2.75) is 25.3 Å². The molecule has 1 aromatic heterocycles. The summed E-state index contributed by atoms with van der Waals surface area (Å²) >= 11 is 6.72. The molecule has 0 aliphatic heterocycles. The number of aryl methyl sites for hydroxylation is 2. The highest BCUT2D eigenvalue weighted by Gasteiger charge is 2.23. The summed E-state index contributed by atoms with van der Waals surface area (Å²) in [6.07, 6.45) is 0. The SMILES string of the molecule is Cc1cc(Br)c(NS(=O)(=O)c2cc(CN)oc2C)c(Br)c1. The monoisotopic (exact) mass is 436 g/mol. The average molecular weight is 438 g/mol. The van der Waals surface area contributed by atoms with Gasteiger partial charge in [0.05, 0.1) is 12.2 Å². The van der Waals surface area contributed by atoms with Crippen LogP contribution in [0, 0.1) is 13.8 Å². The molecule has 21 heavy (non-hydrogen) atoms. The van der Waals surface area contributed by atoms with Crippen molar-refractivity contribution < 1.29 is 12.8 Å². The molecule has 0 amide bonds. The van der Waals surface area contributed by atoms with E-state index in [9.17, 15) is 8.42 Å². The molecule has 0 spiro atoms. The first-order chi connectivity index (χ1) is 9.74. The number of sulfonamides is 1. The first kappa shape index (κ1) is 16.5. The van der Waals surface area contributed by atoms with Gasteiger partial charge >= 0.3 is 0 Å². The van der Waals surface area contributed by atoms with E-state index >= 15 is 0 Å². The molecule has 0 unspecified atom stereocenters. The Balaban J connectivity index is 2.44. The van der Waals surface area contributed by atoms with Crippen molar-refractivity contribution in [1.82, 2.24) is 0 Å². The maximum absolute atomic E-state index is 12.5. The maximum Gasteiger partial charge on any atom is 0.265 e. The molecule has 1 heterocycles. The van der Waals surface area contributed by atoms with Crippen molar-refractivity contribution in [1.29, 1.82) is 0 Å². The Morgan fingerprint density at radius 3 is 2.24 bits per heavy atom. The number of nitrogens with one attached hydrogen (secondary N) is 1. The van der Waals surface area contributed by atoms with Crippen molar-refractivity contribution >= 4 is 47.6 Å². The van der Waals surface area contributed by atoms with Gasteiger partial charge in [-0.3, -0.25) is 4.72 Å². The number of nitrogens with two attached hydrogens (primary N) is 1. The average Bonchev–Trinajstić information content (AvgIpc) is 2.76. The van der Waals surface area contributed by atoms with Gasteiger partial charge in [-0.1, -0.05) is 0 Å². The first-order valence-corrected chi connectivity index (χ1v) is 9.09. The van der Waals surface area contributed by atoms with Crippen LogP contribution in [-0.2, 0) is 16.6 Å². The van der Waals surface area contributed by atoms with E-state index in [-0.39, 0.29) is 11.4 Å². The van der Waals surface area contributed by atoms with E-state index < -0.39 is 10.0 Å². The molecule has 0 atom stereocenters. The van der Waals surface area contributed by atoms with Gasteiger partial charge in [-0.05, 0) is 63.4 Å². The summed E-state index contributed by atoms with van der Waals surface area (Å²) in [6, 6.07) is 5.10. The lowest BCUT2D eigenvalue weighted by atomic mass is 10.2. The molecule has 2 rings (SSSR count). The summed E-state index contributed by atoms with van der Waals surface area (Å²) in [6.45, 7) is 3.66. The van der Waals surface area contributed by atoms with Crippen LogP contribution in [-0.4, -0.2) is 8.42 Å². The van der Waals surface area contributed by atoms with E-state index in [1.54, 1.807) is 6.92 Å². The van der Waals surface area contributed by atoms with E-state index in [1.807, 2.05) is 19.1 Å². The van der Waals surface area contributed by atoms with Crippen LogP contribution >= 0.6 is 31.9 Å². The molecule has 0 aliphatic carbocycles. The Bertz CT molecular complexity index is 762. The highest BCUT2D eigenvalue weighted by molar-refractivity contribution is 9.11. The van der Waals surface area contributed by atoms with Gasteiger partial charge in [0.15, 0.2) is 0 Å². The molecule has 8 heteroatoms. The van der Waals surface area contributed by atoms with Crippen LogP contribution in [0.5, 0.6) is 0 Å². The van der Waals surface area contributed by atoms with Gasteiger partial charge in [-0.25, -0.2) is 8.42 Å². The molecule has 0 aliphatic rings. The van der Waals surface area contributed by atoms with E-state index in [0.717, 1.165) is 5.56 Å². The minimum absolute atomic E-state index is 0.0855. The molecular weight excluding hydrogens is 424 g/mol. The largest absolute Gasteiger partial charge is 0.464 e. The van der Waals surface area contributed by atoms with Crippen LogP contribution in [0.3, 0.4) is 0 Å². The molecule has 114 valence electrons. The Morgan fingerprint density at radius 2 is 1.76 bits per heavy atom. The van der Waals surface area contributed by atoms with Crippen LogP contribution in [0.4, 0.5) is 5.69 Å². The Hall–Kier alpha value is -0.830. The topological polar surface area (TPSA) is 85.3 Å². The Labute approximate surface area is 140 Å². The van der Waals surface area contributed by atoms with Crippen LogP contribution < -0.4 is 10.5 Å². The third kappa shape index (κ3) is 3.50. The van der Waals surface area contributed by atoms with Crippen LogP contribution in [0.2, 0.25) is 0 Å². The fraction of sp³-hybridized carbons (Fsp3) is 0.231. The molecule has 0 saturated heterocycles. The van der Waals surface area contributed by atoms with Crippen molar-refractivity contribution in [3.63, 3.8) is 0 Å². The van der Waals surface area contributed by atoms with Crippen LogP contribution in [0.25, 0.3) is 0 Å². The number of hydrogen-bond acceptors (Lipinski definition) is 4. The quantitative estimate of drug-likeness (QED) is 0.763. The molecule has 0 bridgehead atoms. The zero-order valence-corrected chi connectivity index (χ0v) is 15.4. The summed E-state index contributed by atoms with van der Waals surface area (Å²) in [5.41, 5.74) is 6.91. The summed E-state index contributed by atoms with van der Waals surface area (Å²) in [7, 11) is -3.75. The standard InChI is InChI=1S/C13H14Br2N2O3S/c1-7-3-10(14)13(11(15)4-7)17-21(18,19)12-5-9(6-16)20-8(12)2/h3-5,17H,6,16H2,1-2H3. The zero-order valence-electron chi connectivity index (χ0n) is 11.4. The summed E-state index contributed by atoms with van der Waals surface area (Å²) < 4.78 is 34.1. The Kier molecular flexibility index (Phi) is 4.82. The third-order valence-corrected chi connectivity index (χ3v) is 5.54. The van der Waals surface area contributed by atoms with Gasteiger partial charge < -0.3 is 10.2 Å². The van der Waals surface area contributed by atoms with Gasteiger partial charge in [-0.15, -0.1) is 0 Å². The van der Waals surface area contributed by atoms with Crippen molar-refractivity contribution in [3.8, 4) is 0 Å². The molecular formula is C13H14Br2N2O3S. The molecule has 0 fully saturated rings. The van der Waals surface area contributed by atoms with Gasteiger partial charge in [0.1, 0.15) is 16.4 Å². The maximum atomic E-state index is 12.5. The summed E-state index contributed by atoms with van der Waals surface area (Å²) in [5.74, 6) is 0.734. The number of furan rings is 1. The van der Waals surface area contributed by atoms with Crippen LogP contribution in [0.1, 0.15) is 17.1 Å². The lowest BCUT2D eigenvalue weighted by Crippen LogP contribution is -2.14. The molecule has 0 radical (unpaired) electrons. The van der Waals surface area contributed by atoms with Gasteiger partial charge in [0.25, 0.3) is 10.0 Å². The third-order valence-electron chi connectivity index (χ3n) is 2.84. The van der Waals surface area contributed by atoms with E-state index in [0.29, 0.717) is 26.2 Å². The van der Waals surface area contributed by atoms with Crippen molar-refractivity contribution in [3.05, 3.63) is 44.2 Å². The van der Waals surface area contributed by atoms with Gasteiger partial charge in [-0.2, -0.15) is 0 Å². The van der Waals surface area contributed by atoms with Gasteiger partial charge in [0.2, 0.25) is 0 Å². The molecule has 0 saturated carbocycles. The van der Waals surface area contributed by atoms with Crippen molar-refractivity contribution in [2.75, 3.05) is 4.72 Å². The lowest BCUT2D eigenvalue weighted by molar-refractivity contribution is 0.479. The van der Waals surface area contributed by atoms with E-state index in [4.69, 9.17) is 10.2 Å². The van der Waals surface area contributed by atoms with Gasteiger partial charge in [0, 0.05) is 15.0 Å². The fourth-order valence-corrected chi connectivity index (χ4v) is 5.06. The second-order valence-corrected chi connectivity index (χ2v) is 7.91. The minimum atomic E-state index is -3.75. The first-order valence-electron chi connectivity index (χ1n) is 6.02. The second kappa shape index (κ2) is 6.12. The van der Waals surface area contributed by atoms with E-state index in [1.165, 1.54) is 6.07 Å². The molecule has 5 nitrogen and oxygen atoms in total. The van der Waals surface area contributed by atoms with E-state index in [2.05, 4.69) is 36.6 Å². The zero-order chi connectivity index (χ0) is 15.8. The number of rotatable bonds is 4. The normalized spacial score (nSPS) is 11.7. The molecule has 2 aromatic rings. The summed E-state index contributed by atoms with van der Waals surface area (Å²) in [4.78, 5) is 0.0855. The number of hydrogen-bond donors (Lipinski definition) is 2. The molecule has 1 aromatic carbocycles. The highest BCUT2D eigenvalue weighted by Crippen LogP contribution is 2.34. The van der Waals surface area contributed by atoms with Crippen molar-refractivity contribution in [2.24, 2.45) is 5.73 Å². The smallest absolute Gasteiger partial charge is 0.265 e. The summed E-state index contributed by atoms with van der Waals surface area (Å²) in [5, 5.41) is 0. The number of benzene rings is 1. The second-order valence-electron chi connectivity index (χ2n) is 4.55. The van der Waals surface area contributed by atoms with Crippen LogP contribution in [0.15, 0.2) is 36.5 Å². The number of anilines is 1. The minimum Gasteiger partial charge on any atom is -0.464 e.